The van der Waals surface area contributed by atoms with Crippen molar-refractivity contribution in [3.63, 3.8) is 0 Å². The Morgan fingerprint density at radius 1 is 1.44 bits per heavy atom. The molecule has 18 heavy (non-hydrogen) atoms. The fraction of sp³-hybridized carbons (Fsp3) is 0.571. The molecule has 0 aliphatic carbocycles. The van der Waals surface area contributed by atoms with Crippen LogP contribution in [-0.2, 0) is 0 Å². The maximum atomic E-state index is 10.2. The summed E-state index contributed by atoms with van der Waals surface area (Å²) in [7, 11) is 0. The van der Waals surface area contributed by atoms with Crippen molar-refractivity contribution in [3.05, 3.63) is 28.8 Å². The molecule has 1 aromatic carbocycles. The summed E-state index contributed by atoms with van der Waals surface area (Å²) in [5, 5.41) is 10.8. The highest BCUT2D eigenvalue weighted by molar-refractivity contribution is 6.33. The first kappa shape index (κ1) is 13.7. The highest BCUT2D eigenvalue weighted by atomic mass is 35.5. The van der Waals surface area contributed by atoms with Crippen molar-refractivity contribution in [1.82, 2.24) is 4.90 Å². The number of benzene rings is 1. The van der Waals surface area contributed by atoms with Gasteiger partial charge in [-0.25, -0.2) is 0 Å². The summed E-state index contributed by atoms with van der Waals surface area (Å²) in [5.74, 6) is 0.810. The van der Waals surface area contributed by atoms with Crippen LogP contribution in [0.25, 0.3) is 0 Å². The predicted molar refractivity (Wildman–Crippen MR) is 75.7 cm³/mol. The Bertz CT molecular complexity index is 403. The van der Waals surface area contributed by atoms with Crippen LogP contribution in [0.1, 0.15) is 31.4 Å². The van der Waals surface area contributed by atoms with Crippen LogP contribution in [0.5, 0.6) is 0 Å². The van der Waals surface area contributed by atoms with E-state index in [9.17, 15) is 5.11 Å². The van der Waals surface area contributed by atoms with E-state index in [-0.39, 0.29) is 0 Å². The van der Waals surface area contributed by atoms with Crippen LogP contribution in [0.3, 0.4) is 0 Å². The lowest BCUT2D eigenvalue weighted by Gasteiger charge is -2.31. The summed E-state index contributed by atoms with van der Waals surface area (Å²) in [6, 6.07) is 5.35. The van der Waals surface area contributed by atoms with Gasteiger partial charge in [0, 0.05) is 6.54 Å². The Kier molecular flexibility index (Phi) is 4.49. The predicted octanol–water partition coefficient (Wildman–Crippen LogP) is 2.69. The minimum absolute atomic E-state index is 0.488. The summed E-state index contributed by atoms with van der Waals surface area (Å²) in [6.45, 7) is 5.10. The molecule has 1 unspecified atom stereocenters. The van der Waals surface area contributed by atoms with E-state index >= 15 is 0 Å². The van der Waals surface area contributed by atoms with Gasteiger partial charge >= 0.3 is 0 Å². The number of nitrogens with two attached hydrogens (primary N) is 1. The van der Waals surface area contributed by atoms with Crippen LogP contribution in [0.15, 0.2) is 18.2 Å². The van der Waals surface area contributed by atoms with Gasteiger partial charge in [-0.2, -0.15) is 0 Å². The van der Waals surface area contributed by atoms with Gasteiger partial charge in [-0.05, 0) is 49.5 Å². The van der Waals surface area contributed by atoms with Gasteiger partial charge in [0.25, 0.3) is 0 Å². The zero-order chi connectivity index (χ0) is 13.1. The topological polar surface area (TPSA) is 49.5 Å². The Hall–Kier alpha value is -0.770. The summed E-state index contributed by atoms with van der Waals surface area (Å²) < 4.78 is 0. The Balaban J connectivity index is 1.94. The van der Waals surface area contributed by atoms with Crippen molar-refractivity contribution >= 4 is 17.3 Å². The fourth-order valence-electron chi connectivity index (χ4n) is 2.36. The van der Waals surface area contributed by atoms with Gasteiger partial charge in [0.15, 0.2) is 0 Å². The molecule has 2 rings (SSSR count). The maximum Gasteiger partial charge on any atom is 0.0917 e. The summed E-state index contributed by atoms with van der Waals surface area (Å²) >= 11 is 5.88. The SMILES string of the molecule is CC1CCN(CC(O)c2ccc(Cl)c(N)c2)CC1. The third-order valence-corrected chi connectivity index (χ3v) is 4.06. The number of piperidine rings is 1. The van der Waals surface area contributed by atoms with E-state index in [2.05, 4.69) is 11.8 Å². The minimum atomic E-state index is -0.488. The quantitative estimate of drug-likeness (QED) is 0.829. The van der Waals surface area contributed by atoms with Gasteiger partial charge in [-0.3, -0.25) is 0 Å². The van der Waals surface area contributed by atoms with Crippen molar-refractivity contribution in [2.75, 3.05) is 25.4 Å². The van der Waals surface area contributed by atoms with Crippen LogP contribution in [0.2, 0.25) is 5.02 Å². The van der Waals surface area contributed by atoms with Crippen molar-refractivity contribution in [1.29, 1.82) is 0 Å². The number of nitrogens with zero attached hydrogens (tertiary/aromatic N) is 1. The van der Waals surface area contributed by atoms with Gasteiger partial charge in [0.1, 0.15) is 0 Å². The van der Waals surface area contributed by atoms with Crippen LogP contribution >= 0.6 is 11.6 Å². The van der Waals surface area contributed by atoms with Crippen molar-refractivity contribution in [2.24, 2.45) is 5.92 Å². The van der Waals surface area contributed by atoms with E-state index < -0.39 is 6.10 Å². The van der Waals surface area contributed by atoms with Crippen LogP contribution < -0.4 is 5.73 Å². The maximum absolute atomic E-state index is 10.2. The van der Waals surface area contributed by atoms with Gasteiger partial charge in [-0.1, -0.05) is 24.6 Å². The Morgan fingerprint density at radius 2 is 2.11 bits per heavy atom. The second-order valence-corrected chi connectivity index (χ2v) is 5.69. The monoisotopic (exact) mass is 268 g/mol. The second-order valence-electron chi connectivity index (χ2n) is 5.28. The molecule has 0 saturated carbocycles. The number of aliphatic hydroxyl groups is 1. The first-order chi connectivity index (χ1) is 8.56. The van der Waals surface area contributed by atoms with Crippen molar-refractivity contribution < 1.29 is 5.11 Å². The molecule has 1 aliphatic heterocycles. The van der Waals surface area contributed by atoms with E-state index in [1.807, 2.05) is 6.07 Å². The average molecular weight is 269 g/mol. The summed E-state index contributed by atoms with van der Waals surface area (Å²) in [4.78, 5) is 2.31. The summed E-state index contributed by atoms with van der Waals surface area (Å²) in [6.07, 6.45) is 1.95. The molecule has 1 aliphatic rings. The number of anilines is 1. The Morgan fingerprint density at radius 3 is 2.72 bits per heavy atom. The molecule has 4 heteroatoms. The molecular formula is C14H21ClN2O. The molecule has 1 saturated heterocycles. The molecule has 0 aromatic heterocycles. The zero-order valence-electron chi connectivity index (χ0n) is 10.8. The smallest absolute Gasteiger partial charge is 0.0917 e. The fourth-order valence-corrected chi connectivity index (χ4v) is 2.48. The molecule has 1 fully saturated rings. The lowest BCUT2D eigenvalue weighted by atomic mass is 9.98. The number of nitrogen functional groups attached to an aromatic ring is 1. The first-order valence-corrected chi connectivity index (χ1v) is 6.89. The second kappa shape index (κ2) is 5.91. The number of β-amino-alcohol motifs (C(OH)–C–C–N with tert-alkyl or cyclic N) is 1. The largest absolute Gasteiger partial charge is 0.398 e. The van der Waals surface area contributed by atoms with E-state index in [0.29, 0.717) is 17.3 Å². The van der Waals surface area contributed by atoms with E-state index in [0.717, 1.165) is 24.6 Å². The molecule has 100 valence electrons. The standard InChI is InChI=1S/C14H21ClN2O/c1-10-4-6-17(7-5-10)9-14(18)11-2-3-12(15)13(16)8-11/h2-3,8,10,14,18H,4-7,9,16H2,1H3. The molecule has 1 heterocycles. The molecule has 1 atom stereocenters. The van der Waals surface area contributed by atoms with Crippen molar-refractivity contribution in [2.45, 2.75) is 25.9 Å². The molecule has 0 radical (unpaired) electrons. The number of hydrogen-bond donors (Lipinski definition) is 2. The Labute approximate surface area is 114 Å². The van der Waals surface area contributed by atoms with Gasteiger partial charge in [0.05, 0.1) is 16.8 Å². The van der Waals surface area contributed by atoms with Crippen LogP contribution in [-0.4, -0.2) is 29.6 Å². The number of hydrogen-bond acceptors (Lipinski definition) is 3. The molecule has 0 spiro atoms. The number of likely N-dealkylation sites (tertiary alicyclic amines) is 1. The van der Waals surface area contributed by atoms with E-state index in [1.165, 1.54) is 12.8 Å². The third-order valence-electron chi connectivity index (χ3n) is 3.71. The third kappa shape index (κ3) is 3.37. The van der Waals surface area contributed by atoms with Gasteiger partial charge < -0.3 is 15.7 Å². The molecular weight excluding hydrogens is 248 g/mol. The van der Waals surface area contributed by atoms with E-state index in [4.69, 9.17) is 17.3 Å². The van der Waals surface area contributed by atoms with Crippen LogP contribution in [0, 0.1) is 5.92 Å². The van der Waals surface area contributed by atoms with Crippen molar-refractivity contribution in [3.8, 4) is 0 Å². The van der Waals surface area contributed by atoms with Gasteiger partial charge in [0.2, 0.25) is 0 Å². The molecule has 3 nitrogen and oxygen atoms in total. The molecule has 0 bridgehead atoms. The molecule has 1 aromatic rings. The minimum Gasteiger partial charge on any atom is -0.398 e. The summed E-state index contributed by atoms with van der Waals surface area (Å²) in [5.41, 5.74) is 7.12. The van der Waals surface area contributed by atoms with Crippen LogP contribution in [0.4, 0.5) is 5.69 Å². The lowest BCUT2D eigenvalue weighted by molar-refractivity contribution is 0.0916. The molecule has 3 N–H and O–H groups in total. The highest BCUT2D eigenvalue weighted by Gasteiger charge is 2.19. The molecule has 0 amide bonds. The average Bonchev–Trinajstić information content (AvgIpc) is 2.35. The highest BCUT2D eigenvalue weighted by Crippen LogP contribution is 2.25. The number of halogens is 1. The van der Waals surface area contributed by atoms with Gasteiger partial charge in [-0.15, -0.1) is 0 Å². The normalized spacial score (nSPS) is 19.9. The number of aliphatic hydroxyl groups excluding tert-OH is 1. The zero-order valence-corrected chi connectivity index (χ0v) is 11.5. The first-order valence-electron chi connectivity index (χ1n) is 6.51. The number of rotatable bonds is 3. The van der Waals surface area contributed by atoms with E-state index in [1.54, 1.807) is 12.1 Å². The lowest BCUT2D eigenvalue weighted by Crippen LogP contribution is -2.35.